The summed E-state index contributed by atoms with van der Waals surface area (Å²) < 4.78 is 5.36. The molecule has 3 rings (SSSR count). The molecule has 1 aliphatic rings. The molecule has 0 N–H and O–H groups in total. The van der Waals surface area contributed by atoms with Crippen LogP contribution in [0.2, 0.25) is 0 Å². The Morgan fingerprint density at radius 3 is 2.88 bits per heavy atom. The Hall–Kier alpha value is -0.390. The summed E-state index contributed by atoms with van der Waals surface area (Å²) in [6.45, 7) is 3.32. The zero-order valence-electron chi connectivity index (χ0n) is 9.53. The molecule has 2 aromatic heterocycles. The summed E-state index contributed by atoms with van der Waals surface area (Å²) in [5, 5.41) is 0. The minimum Gasteiger partial charge on any atom is -0.306 e. The van der Waals surface area contributed by atoms with Crippen molar-refractivity contribution in [2.24, 2.45) is 0 Å². The van der Waals surface area contributed by atoms with E-state index in [0.717, 1.165) is 28.8 Å². The first-order valence-electron chi connectivity index (χ1n) is 5.68. The van der Waals surface area contributed by atoms with Crippen molar-refractivity contribution >= 4 is 37.7 Å². The van der Waals surface area contributed by atoms with E-state index >= 15 is 0 Å². The molecule has 0 amide bonds. The normalized spacial score (nSPS) is 25.8. The van der Waals surface area contributed by atoms with Gasteiger partial charge in [-0.1, -0.05) is 0 Å². The van der Waals surface area contributed by atoms with E-state index < -0.39 is 0 Å². The largest absolute Gasteiger partial charge is 0.306 e. The molecule has 0 spiro atoms. The maximum atomic E-state index is 4.73. The smallest absolute Gasteiger partial charge is 0.137 e. The predicted octanol–water partition coefficient (Wildman–Crippen LogP) is 3.72. The minimum atomic E-state index is 0.0124. The standard InChI is InChI=1S/C12H13Br2N3/c1-12(5-2-6-17(12)14)10-8-16-7-9(13)3-4-11(16)15-10/h3-4,7-8H,2,5-6H2,1H3. The van der Waals surface area contributed by atoms with Crippen molar-refractivity contribution in [1.82, 2.24) is 13.3 Å². The van der Waals surface area contributed by atoms with Crippen LogP contribution >= 0.6 is 32.1 Å². The van der Waals surface area contributed by atoms with Crippen molar-refractivity contribution in [3.05, 3.63) is 34.7 Å². The topological polar surface area (TPSA) is 20.5 Å². The lowest BCUT2D eigenvalue weighted by atomic mass is 9.97. The monoisotopic (exact) mass is 357 g/mol. The molecule has 1 fully saturated rings. The average molecular weight is 359 g/mol. The van der Waals surface area contributed by atoms with Gasteiger partial charge >= 0.3 is 0 Å². The molecule has 1 unspecified atom stereocenters. The molecule has 3 nitrogen and oxygen atoms in total. The predicted molar refractivity (Wildman–Crippen MR) is 75.1 cm³/mol. The van der Waals surface area contributed by atoms with Gasteiger partial charge in [0.15, 0.2) is 0 Å². The Bertz CT molecular complexity index is 566. The van der Waals surface area contributed by atoms with Gasteiger partial charge in [-0.2, -0.15) is 0 Å². The number of fused-ring (bicyclic) bond motifs is 1. The molecule has 0 radical (unpaired) electrons. The maximum absolute atomic E-state index is 4.73. The highest BCUT2D eigenvalue weighted by Gasteiger charge is 2.39. The Balaban J connectivity index is 2.12. The fraction of sp³-hybridized carbons (Fsp3) is 0.417. The summed E-state index contributed by atoms with van der Waals surface area (Å²) in [7, 11) is 0. The summed E-state index contributed by atoms with van der Waals surface area (Å²) in [4.78, 5) is 4.73. The molecule has 0 aromatic carbocycles. The van der Waals surface area contributed by atoms with Gasteiger partial charge in [-0.25, -0.2) is 8.91 Å². The number of aromatic nitrogens is 2. The summed E-state index contributed by atoms with van der Waals surface area (Å²) in [6, 6.07) is 4.06. The highest BCUT2D eigenvalue weighted by Crippen LogP contribution is 2.40. The molecule has 1 atom stereocenters. The van der Waals surface area contributed by atoms with Crippen LogP contribution < -0.4 is 0 Å². The highest BCUT2D eigenvalue weighted by molar-refractivity contribution is 9.10. The third-order valence-corrected chi connectivity index (χ3v) is 5.13. The van der Waals surface area contributed by atoms with Gasteiger partial charge in [-0.3, -0.25) is 0 Å². The summed E-state index contributed by atoms with van der Waals surface area (Å²) >= 11 is 7.13. The van der Waals surface area contributed by atoms with E-state index in [4.69, 9.17) is 4.98 Å². The van der Waals surface area contributed by atoms with Crippen LogP contribution in [0, 0.1) is 0 Å². The van der Waals surface area contributed by atoms with Crippen molar-refractivity contribution in [3.8, 4) is 0 Å². The Labute approximate surface area is 117 Å². The van der Waals surface area contributed by atoms with E-state index in [2.05, 4.69) is 53.5 Å². The molecule has 0 bridgehead atoms. The second-order valence-electron chi connectivity index (χ2n) is 4.70. The van der Waals surface area contributed by atoms with Crippen LogP contribution in [0.3, 0.4) is 0 Å². The van der Waals surface area contributed by atoms with Crippen LogP contribution in [0.1, 0.15) is 25.5 Å². The van der Waals surface area contributed by atoms with Gasteiger partial charge in [0.05, 0.1) is 11.2 Å². The number of imidazole rings is 1. The quantitative estimate of drug-likeness (QED) is 0.724. The average Bonchev–Trinajstić information content (AvgIpc) is 2.84. The van der Waals surface area contributed by atoms with Gasteiger partial charge in [-0.05, 0) is 47.8 Å². The van der Waals surface area contributed by atoms with Crippen molar-refractivity contribution < 1.29 is 0 Å². The lowest BCUT2D eigenvalue weighted by Crippen LogP contribution is -2.31. The zero-order chi connectivity index (χ0) is 12.0. The lowest BCUT2D eigenvalue weighted by molar-refractivity contribution is 0.299. The van der Waals surface area contributed by atoms with Crippen LogP contribution in [0.15, 0.2) is 29.0 Å². The third-order valence-electron chi connectivity index (χ3n) is 3.52. The number of hydrogen-bond acceptors (Lipinski definition) is 2. The van der Waals surface area contributed by atoms with E-state index in [9.17, 15) is 0 Å². The van der Waals surface area contributed by atoms with E-state index in [1.807, 2.05) is 18.3 Å². The van der Waals surface area contributed by atoms with Crippen LogP contribution in [0.5, 0.6) is 0 Å². The van der Waals surface area contributed by atoms with E-state index in [0.29, 0.717) is 0 Å². The van der Waals surface area contributed by atoms with Gasteiger partial charge in [-0.15, -0.1) is 0 Å². The van der Waals surface area contributed by atoms with Gasteiger partial charge in [0, 0.05) is 39.6 Å². The number of halogens is 2. The van der Waals surface area contributed by atoms with Crippen molar-refractivity contribution in [3.63, 3.8) is 0 Å². The Morgan fingerprint density at radius 1 is 1.35 bits per heavy atom. The van der Waals surface area contributed by atoms with Gasteiger partial charge in [0.2, 0.25) is 0 Å². The fourth-order valence-corrected chi connectivity index (χ4v) is 3.37. The summed E-state index contributed by atoms with van der Waals surface area (Å²) in [5.74, 6) is 0. The molecule has 1 saturated heterocycles. The van der Waals surface area contributed by atoms with Crippen molar-refractivity contribution in [1.29, 1.82) is 0 Å². The molecule has 3 heterocycles. The molecule has 1 aliphatic heterocycles. The SMILES string of the molecule is CC1(c2cn3cc(Br)ccc3n2)CCCN1Br. The van der Waals surface area contributed by atoms with Gasteiger partial charge < -0.3 is 4.40 Å². The zero-order valence-corrected chi connectivity index (χ0v) is 12.7. The molecule has 17 heavy (non-hydrogen) atoms. The highest BCUT2D eigenvalue weighted by atomic mass is 79.9. The molecular weight excluding hydrogens is 346 g/mol. The Morgan fingerprint density at radius 2 is 2.18 bits per heavy atom. The number of nitrogens with zero attached hydrogens (tertiary/aromatic N) is 3. The Kier molecular flexibility index (Phi) is 2.80. The van der Waals surface area contributed by atoms with Gasteiger partial charge in [0.25, 0.3) is 0 Å². The molecular formula is C12H13Br2N3. The number of hydrogen-bond donors (Lipinski definition) is 0. The van der Waals surface area contributed by atoms with Crippen LogP contribution in [-0.4, -0.2) is 19.9 Å². The van der Waals surface area contributed by atoms with Crippen molar-refractivity contribution in [2.45, 2.75) is 25.3 Å². The van der Waals surface area contributed by atoms with E-state index in [-0.39, 0.29) is 5.54 Å². The molecule has 2 aromatic rings. The third kappa shape index (κ3) is 1.84. The molecule has 90 valence electrons. The summed E-state index contributed by atoms with van der Waals surface area (Å²) in [5.41, 5.74) is 2.14. The molecule has 0 saturated carbocycles. The second-order valence-corrected chi connectivity index (χ2v) is 6.47. The molecule has 5 heteroatoms. The fourth-order valence-electron chi connectivity index (χ4n) is 2.41. The first-order valence-corrected chi connectivity index (χ1v) is 7.18. The summed E-state index contributed by atoms with van der Waals surface area (Å²) in [6.07, 6.45) is 6.52. The van der Waals surface area contributed by atoms with Crippen LogP contribution in [-0.2, 0) is 5.54 Å². The number of pyridine rings is 1. The van der Waals surface area contributed by atoms with Crippen molar-refractivity contribution in [2.75, 3.05) is 6.54 Å². The number of rotatable bonds is 1. The van der Waals surface area contributed by atoms with E-state index in [1.54, 1.807) is 0 Å². The molecule has 0 aliphatic carbocycles. The van der Waals surface area contributed by atoms with Crippen LogP contribution in [0.4, 0.5) is 0 Å². The lowest BCUT2D eigenvalue weighted by Gasteiger charge is -2.28. The maximum Gasteiger partial charge on any atom is 0.137 e. The van der Waals surface area contributed by atoms with Crippen LogP contribution in [0.25, 0.3) is 5.65 Å². The van der Waals surface area contributed by atoms with E-state index in [1.165, 1.54) is 6.42 Å². The minimum absolute atomic E-state index is 0.0124. The first kappa shape index (κ1) is 11.7. The van der Waals surface area contributed by atoms with Gasteiger partial charge in [0.1, 0.15) is 5.65 Å². The first-order chi connectivity index (χ1) is 8.09. The second kappa shape index (κ2) is 4.07.